The van der Waals surface area contributed by atoms with E-state index in [9.17, 15) is 14.0 Å². The van der Waals surface area contributed by atoms with Gasteiger partial charge in [0, 0.05) is 23.2 Å². The average molecular weight is 382 g/mol. The first kappa shape index (κ1) is 18.1. The molecule has 3 aromatic rings. The molecule has 0 bridgehead atoms. The summed E-state index contributed by atoms with van der Waals surface area (Å²) in [5, 5.41) is 19.9. The Labute approximate surface area is 160 Å². The van der Waals surface area contributed by atoms with Crippen molar-refractivity contribution < 1.29 is 19.1 Å². The van der Waals surface area contributed by atoms with E-state index in [-0.39, 0.29) is 24.2 Å². The van der Waals surface area contributed by atoms with Gasteiger partial charge >= 0.3 is 5.97 Å². The lowest BCUT2D eigenvalue weighted by Gasteiger charge is -2.13. The summed E-state index contributed by atoms with van der Waals surface area (Å²) in [5.41, 5.74) is 2.90. The number of anilines is 1. The molecule has 2 heterocycles. The molecule has 0 spiro atoms. The highest BCUT2D eigenvalue weighted by molar-refractivity contribution is 5.99. The number of nitrogens with one attached hydrogen (secondary N) is 2. The van der Waals surface area contributed by atoms with E-state index in [1.54, 1.807) is 23.1 Å². The minimum absolute atomic E-state index is 0.0498. The van der Waals surface area contributed by atoms with Gasteiger partial charge in [-0.25, -0.2) is 4.39 Å². The van der Waals surface area contributed by atoms with Crippen LogP contribution in [0.1, 0.15) is 6.42 Å². The molecule has 4 rings (SSSR count). The van der Waals surface area contributed by atoms with Crippen LogP contribution in [0.5, 0.6) is 0 Å². The standard InChI is InChI=1S/C20H19FN4O3/c21-14-3-1-12(2-4-14)19-16-9-15(5-6-17(16)23-24-19)22-20(28)13-7-8-25(10-13)11-18(26)27/h1-6,9,13H,7-8,10-11H2,(H,22,28)(H,23,24)(H,26,27). The molecule has 1 aromatic heterocycles. The minimum Gasteiger partial charge on any atom is -0.480 e. The van der Waals surface area contributed by atoms with E-state index in [0.29, 0.717) is 30.9 Å². The fraction of sp³-hybridized carbons (Fsp3) is 0.250. The van der Waals surface area contributed by atoms with Gasteiger partial charge in [0.1, 0.15) is 5.82 Å². The monoisotopic (exact) mass is 382 g/mol. The number of carboxylic acids is 1. The summed E-state index contributed by atoms with van der Waals surface area (Å²) < 4.78 is 13.2. The number of carbonyl (C=O) groups excluding carboxylic acids is 1. The van der Waals surface area contributed by atoms with Crippen LogP contribution in [0.25, 0.3) is 22.2 Å². The molecule has 1 unspecified atom stereocenters. The van der Waals surface area contributed by atoms with Crippen molar-refractivity contribution in [1.29, 1.82) is 0 Å². The Hall–Kier alpha value is -3.26. The van der Waals surface area contributed by atoms with Crippen LogP contribution in [0.2, 0.25) is 0 Å². The quantitative estimate of drug-likeness (QED) is 0.630. The molecule has 1 fully saturated rings. The third kappa shape index (κ3) is 3.72. The number of carboxylic acid groups (broad SMARTS) is 1. The number of hydrogen-bond acceptors (Lipinski definition) is 4. The van der Waals surface area contributed by atoms with Gasteiger partial charge in [0.15, 0.2) is 0 Å². The molecule has 0 saturated carbocycles. The van der Waals surface area contributed by atoms with Gasteiger partial charge in [-0.05, 0) is 55.4 Å². The average Bonchev–Trinajstić information content (AvgIpc) is 3.29. The second kappa shape index (κ2) is 7.40. The van der Waals surface area contributed by atoms with E-state index in [1.165, 1.54) is 12.1 Å². The summed E-state index contributed by atoms with van der Waals surface area (Å²) in [4.78, 5) is 25.1. The predicted molar refractivity (Wildman–Crippen MR) is 102 cm³/mol. The van der Waals surface area contributed by atoms with Gasteiger partial charge in [0.25, 0.3) is 0 Å². The van der Waals surface area contributed by atoms with Gasteiger partial charge < -0.3 is 10.4 Å². The highest BCUT2D eigenvalue weighted by Gasteiger charge is 2.29. The van der Waals surface area contributed by atoms with Crippen LogP contribution in [0.4, 0.5) is 10.1 Å². The second-order valence-electron chi connectivity index (χ2n) is 6.94. The fourth-order valence-electron chi connectivity index (χ4n) is 3.55. The molecular formula is C20H19FN4O3. The number of fused-ring (bicyclic) bond motifs is 1. The Bertz CT molecular complexity index is 1030. The van der Waals surface area contributed by atoms with E-state index in [2.05, 4.69) is 15.5 Å². The maximum atomic E-state index is 13.2. The Morgan fingerprint density at radius 1 is 1.25 bits per heavy atom. The van der Waals surface area contributed by atoms with E-state index < -0.39 is 5.97 Å². The van der Waals surface area contributed by atoms with Gasteiger partial charge in [-0.15, -0.1) is 0 Å². The third-order valence-electron chi connectivity index (χ3n) is 4.95. The van der Waals surface area contributed by atoms with E-state index >= 15 is 0 Å². The van der Waals surface area contributed by atoms with Crippen LogP contribution < -0.4 is 5.32 Å². The fourth-order valence-corrected chi connectivity index (χ4v) is 3.55. The molecule has 1 aliphatic rings. The number of rotatable bonds is 5. The number of hydrogen-bond donors (Lipinski definition) is 3. The summed E-state index contributed by atoms with van der Waals surface area (Å²) in [6.45, 7) is 0.985. The Morgan fingerprint density at radius 2 is 2.04 bits per heavy atom. The van der Waals surface area contributed by atoms with Crippen molar-refractivity contribution in [2.45, 2.75) is 6.42 Å². The Balaban J connectivity index is 1.52. The number of likely N-dealkylation sites (tertiary alicyclic amines) is 1. The number of H-pyrrole nitrogens is 1. The molecule has 7 nitrogen and oxygen atoms in total. The van der Waals surface area contributed by atoms with Crippen LogP contribution in [-0.2, 0) is 9.59 Å². The van der Waals surface area contributed by atoms with Crippen molar-refractivity contribution in [2.75, 3.05) is 25.0 Å². The zero-order valence-electron chi connectivity index (χ0n) is 15.0. The topological polar surface area (TPSA) is 98.3 Å². The molecule has 3 N–H and O–H groups in total. The van der Waals surface area contributed by atoms with Crippen molar-refractivity contribution in [3.63, 3.8) is 0 Å². The van der Waals surface area contributed by atoms with Crippen molar-refractivity contribution in [1.82, 2.24) is 15.1 Å². The normalized spacial score (nSPS) is 17.1. The lowest BCUT2D eigenvalue weighted by Crippen LogP contribution is -2.30. The zero-order chi connectivity index (χ0) is 19.7. The number of benzene rings is 2. The molecular weight excluding hydrogens is 363 g/mol. The molecule has 144 valence electrons. The Morgan fingerprint density at radius 3 is 2.79 bits per heavy atom. The molecule has 1 amide bonds. The van der Waals surface area contributed by atoms with E-state index in [1.807, 2.05) is 12.1 Å². The molecule has 1 aliphatic heterocycles. The van der Waals surface area contributed by atoms with E-state index in [0.717, 1.165) is 16.5 Å². The van der Waals surface area contributed by atoms with Gasteiger partial charge in [-0.2, -0.15) is 5.10 Å². The molecule has 28 heavy (non-hydrogen) atoms. The summed E-state index contributed by atoms with van der Waals surface area (Å²) in [6, 6.07) is 11.5. The predicted octanol–water partition coefficient (Wildman–Crippen LogP) is 2.71. The smallest absolute Gasteiger partial charge is 0.317 e. The number of nitrogens with zero attached hydrogens (tertiary/aromatic N) is 2. The largest absolute Gasteiger partial charge is 0.480 e. The van der Waals surface area contributed by atoms with Crippen molar-refractivity contribution in [3.8, 4) is 11.3 Å². The van der Waals surface area contributed by atoms with Gasteiger partial charge in [0.2, 0.25) is 5.91 Å². The molecule has 8 heteroatoms. The number of halogens is 1. The minimum atomic E-state index is -0.889. The SMILES string of the molecule is O=C(O)CN1CCC(C(=O)Nc2ccc3[nH]nc(-c4ccc(F)cc4)c3c2)C1. The number of aromatic nitrogens is 2. The van der Waals surface area contributed by atoms with Gasteiger partial charge in [-0.1, -0.05) is 0 Å². The number of amides is 1. The van der Waals surface area contributed by atoms with Crippen molar-refractivity contribution in [2.24, 2.45) is 5.92 Å². The van der Waals surface area contributed by atoms with Crippen molar-refractivity contribution in [3.05, 3.63) is 48.3 Å². The molecule has 1 saturated heterocycles. The van der Waals surface area contributed by atoms with Crippen LogP contribution in [-0.4, -0.2) is 51.7 Å². The Kier molecular flexibility index (Phi) is 4.79. The number of carbonyl (C=O) groups is 2. The first-order valence-electron chi connectivity index (χ1n) is 8.98. The van der Waals surface area contributed by atoms with Crippen molar-refractivity contribution >= 4 is 28.5 Å². The summed E-state index contributed by atoms with van der Waals surface area (Å²) >= 11 is 0. The third-order valence-corrected chi connectivity index (χ3v) is 4.95. The first-order valence-corrected chi connectivity index (χ1v) is 8.98. The second-order valence-corrected chi connectivity index (χ2v) is 6.94. The highest BCUT2D eigenvalue weighted by atomic mass is 19.1. The van der Waals surface area contributed by atoms with Crippen LogP contribution in [0.15, 0.2) is 42.5 Å². The molecule has 0 radical (unpaired) electrons. The summed E-state index contributed by atoms with van der Waals surface area (Å²) in [5.74, 6) is -1.57. The summed E-state index contributed by atoms with van der Waals surface area (Å²) in [6.07, 6.45) is 0.633. The number of aromatic amines is 1. The van der Waals surface area contributed by atoms with Gasteiger partial charge in [0.05, 0.1) is 23.7 Å². The molecule has 1 atom stereocenters. The first-order chi connectivity index (χ1) is 13.5. The van der Waals surface area contributed by atoms with Crippen LogP contribution in [0, 0.1) is 11.7 Å². The lowest BCUT2D eigenvalue weighted by atomic mass is 10.1. The highest BCUT2D eigenvalue weighted by Crippen LogP contribution is 2.29. The van der Waals surface area contributed by atoms with E-state index in [4.69, 9.17) is 5.11 Å². The zero-order valence-corrected chi connectivity index (χ0v) is 15.0. The van der Waals surface area contributed by atoms with Gasteiger partial charge in [-0.3, -0.25) is 19.6 Å². The maximum absolute atomic E-state index is 13.2. The number of aliphatic carboxylic acids is 1. The van der Waals surface area contributed by atoms with Crippen LogP contribution >= 0.6 is 0 Å². The summed E-state index contributed by atoms with van der Waals surface area (Å²) in [7, 11) is 0. The molecule has 0 aliphatic carbocycles. The lowest BCUT2D eigenvalue weighted by molar-refractivity contribution is -0.138. The molecule has 2 aromatic carbocycles. The maximum Gasteiger partial charge on any atom is 0.317 e. The van der Waals surface area contributed by atoms with Crippen LogP contribution in [0.3, 0.4) is 0 Å².